The van der Waals surface area contributed by atoms with Gasteiger partial charge in [0.1, 0.15) is 22.8 Å². The molecule has 5 rings (SSSR count). The predicted octanol–water partition coefficient (Wildman–Crippen LogP) is 2.69. The number of primary amides is 1. The first kappa shape index (κ1) is 31.0. The highest BCUT2D eigenvalue weighted by Gasteiger charge is 2.68. The van der Waals surface area contributed by atoms with Gasteiger partial charge in [-0.1, -0.05) is 43.3 Å². The number of halogens is 3. The lowest BCUT2D eigenvalue weighted by Gasteiger charge is -2.53. The smallest absolute Gasteiger partial charge is 0.416 e. The van der Waals surface area contributed by atoms with E-state index in [1.165, 1.54) is 55.4 Å². The van der Waals surface area contributed by atoms with Crippen molar-refractivity contribution < 1.29 is 53.1 Å². The number of aliphatic hydroxyl groups is 4. The number of phenolic OH excluding ortho intramolecular Hbond substituents is 1. The molecule has 2 aromatic carbocycles. The number of likely N-dealkylation sites (N-methyl/N-ethyl adjacent to an activating group) is 1. The van der Waals surface area contributed by atoms with E-state index in [4.69, 9.17) is 5.73 Å². The Kier molecular flexibility index (Phi) is 7.27. The Labute approximate surface area is 248 Å². The number of amides is 1. The van der Waals surface area contributed by atoms with Crippen LogP contribution in [-0.2, 0) is 20.6 Å². The summed E-state index contributed by atoms with van der Waals surface area (Å²) in [6.45, 7) is 1.60. The van der Waals surface area contributed by atoms with E-state index in [1.807, 2.05) is 0 Å². The topological polar surface area (TPSA) is 182 Å². The largest absolute Gasteiger partial charge is 0.508 e. The molecule has 7 N–H and O–H groups in total. The Balaban J connectivity index is 1.64. The third-order valence-corrected chi connectivity index (χ3v) is 8.85. The molecular formula is C31H29F3N2O8. The van der Waals surface area contributed by atoms with Crippen molar-refractivity contribution in [2.75, 3.05) is 14.1 Å². The normalized spacial score (nSPS) is 28.8. The van der Waals surface area contributed by atoms with E-state index in [-0.39, 0.29) is 11.1 Å². The second kappa shape index (κ2) is 10.3. The first-order chi connectivity index (χ1) is 20.4. The van der Waals surface area contributed by atoms with E-state index in [1.54, 1.807) is 6.92 Å². The van der Waals surface area contributed by atoms with Crippen LogP contribution in [0.5, 0.6) is 5.75 Å². The zero-order chi connectivity index (χ0) is 32.6. The number of carbonyl (C=O) groups excluding carboxylic acids is 3. The SMILES string of the molecule is C[C@@H]1c2ccc(/C=C/c3ccc(C(F)(F)F)cc3)c(O)c2C(O)=C2C(=O)[C@@]3(O)C(O)=C(C(N)=O)C(=O)[C@H](N(C)C)[C@H]3C(O)[C@@H]21. The Morgan fingerprint density at radius 2 is 1.64 bits per heavy atom. The van der Waals surface area contributed by atoms with Crippen LogP contribution in [-0.4, -0.2) is 79.7 Å². The number of nitrogens with two attached hydrogens (primary N) is 1. The summed E-state index contributed by atoms with van der Waals surface area (Å²) in [5.41, 5.74) is 0.530. The van der Waals surface area contributed by atoms with E-state index >= 15 is 0 Å². The lowest BCUT2D eigenvalue weighted by atomic mass is 9.54. The highest BCUT2D eigenvalue weighted by atomic mass is 19.4. The third-order valence-electron chi connectivity index (χ3n) is 8.85. The van der Waals surface area contributed by atoms with E-state index < -0.39 is 93.1 Å². The first-order valence-corrected chi connectivity index (χ1v) is 13.5. The summed E-state index contributed by atoms with van der Waals surface area (Å²) >= 11 is 0. The Bertz CT molecular complexity index is 1690. The minimum Gasteiger partial charge on any atom is -0.508 e. The molecule has 0 saturated heterocycles. The zero-order valence-corrected chi connectivity index (χ0v) is 23.6. The lowest BCUT2D eigenvalue weighted by Crippen LogP contribution is -2.70. The van der Waals surface area contributed by atoms with Crippen LogP contribution in [0.25, 0.3) is 17.9 Å². The summed E-state index contributed by atoms with van der Waals surface area (Å²) in [6.07, 6.45) is -3.41. The average molecular weight is 615 g/mol. The summed E-state index contributed by atoms with van der Waals surface area (Å²) in [5, 5.41) is 57.0. The molecule has 1 saturated carbocycles. The van der Waals surface area contributed by atoms with Crippen LogP contribution in [0.15, 0.2) is 53.3 Å². The lowest BCUT2D eigenvalue weighted by molar-refractivity contribution is -0.169. The fourth-order valence-electron chi connectivity index (χ4n) is 6.74. The molecule has 13 heteroatoms. The molecule has 0 heterocycles. The van der Waals surface area contributed by atoms with E-state index in [9.17, 15) is 53.1 Å². The minimum atomic E-state index is -4.51. The van der Waals surface area contributed by atoms with Gasteiger partial charge in [-0.05, 0) is 43.3 Å². The van der Waals surface area contributed by atoms with Gasteiger partial charge in [0.25, 0.3) is 5.91 Å². The van der Waals surface area contributed by atoms with Gasteiger partial charge in [0.15, 0.2) is 11.4 Å². The Morgan fingerprint density at radius 1 is 1.02 bits per heavy atom. The van der Waals surface area contributed by atoms with Crippen molar-refractivity contribution in [2.45, 2.75) is 36.8 Å². The fourth-order valence-corrected chi connectivity index (χ4v) is 6.74. The Hall–Kier alpha value is -4.46. The van der Waals surface area contributed by atoms with E-state index in [2.05, 4.69) is 0 Å². The Morgan fingerprint density at radius 3 is 2.18 bits per heavy atom. The van der Waals surface area contributed by atoms with Crippen molar-refractivity contribution in [3.05, 3.63) is 81.1 Å². The molecule has 0 spiro atoms. The first-order valence-electron chi connectivity index (χ1n) is 13.5. The summed E-state index contributed by atoms with van der Waals surface area (Å²) in [6, 6.07) is 5.82. The highest BCUT2D eigenvalue weighted by molar-refractivity contribution is 6.24. The van der Waals surface area contributed by atoms with Gasteiger partial charge in [0.05, 0.1) is 29.2 Å². The summed E-state index contributed by atoms with van der Waals surface area (Å²) in [4.78, 5) is 40.7. The number of alkyl halides is 3. The zero-order valence-electron chi connectivity index (χ0n) is 23.6. The number of hydrogen-bond donors (Lipinski definition) is 6. The molecule has 0 aromatic heterocycles. The summed E-state index contributed by atoms with van der Waals surface area (Å²) in [7, 11) is 2.84. The number of carbonyl (C=O) groups is 3. The minimum absolute atomic E-state index is 0.122. The molecule has 0 bridgehead atoms. The average Bonchev–Trinajstić information content (AvgIpc) is 2.93. The van der Waals surface area contributed by atoms with Gasteiger partial charge in [-0.15, -0.1) is 0 Å². The van der Waals surface area contributed by atoms with Gasteiger partial charge in [0, 0.05) is 17.1 Å². The number of ketones is 2. The maximum absolute atomic E-state index is 14.1. The molecule has 10 nitrogen and oxygen atoms in total. The number of aromatic hydroxyl groups is 1. The second-order valence-electron chi connectivity index (χ2n) is 11.5. The number of aliphatic hydroxyl groups excluding tert-OH is 3. The van der Waals surface area contributed by atoms with Gasteiger partial charge in [0.2, 0.25) is 5.78 Å². The van der Waals surface area contributed by atoms with Crippen LogP contribution >= 0.6 is 0 Å². The van der Waals surface area contributed by atoms with E-state index in [0.717, 1.165) is 12.1 Å². The highest BCUT2D eigenvalue weighted by Crippen LogP contribution is 2.56. The molecule has 1 unspecified atom stereocenters. The van der Waals surface area contributed by atoms with Crippen LogP contribution in [0.1, 0.15) is 40.7 Å². The monoisotopic (exact) mass is 614 g/mol. The molecule has 0 aliphatic heterocycles. The standard InChI is InChI=1S/C31H29F3N2O8/c1-12-16-11-8-14(7-4-13-5-9-15(10-6-13)31(32,33)34)23(37)18(16)24(38)19-17(12)25(39)21-22(36(2)3)26(40)20(29(35)43)28(42)30(21,44)27(19)41/h4-12,17,21-22,25,37-39,42,44H,1-3H3,(H2,35,43)/b7-4+/t12-,17-,21+,22-,25?,30-/m1/s1. The van der Waals surface area contributed by atoms with E-state index in [0.29, 0.717) is 11.1 Å². The molecule has 3 aliphatic rings. The van der Waals surface area contributed by atoms with Crippen LogP contribution in [0, 0.1) is 11.8 Å². The molecule has 6 atom stereocenters. The van der Waals surface area contributed by atoms with Gasteiger partial charge in [-0.25, -0.2) is 0 Å². The van der Waals surface area contributed by atoms with Gasteiger partial charge >= 0.3 is 6.18 Å². The van der Waals surface area contributed by atoms with Crippen LogP contribution in [0.2, 0.25) is 0 Å². The number of hydrogen-bond acceptors (Lipinski definition) is 9. The molecule has 232 valence electrons. The quantitative estimate of drug-likeness (QED) is 0.223. The molecule has 3 aliphatic carbocycles. The van der Waals surface area contributed by atoms with Crippen LogP contribution in [0.4, 0.5) is 13.2 Å². The second-order valence-corrected chi connectivity index (χ2v) is 11.5. The fraction of sp³-hybridized carbons (Fsp3) is 0.323. The number of rotatable bonds is 4. The number of benzene rings is 2. The summed E-state index contributed by atoms with van der Waals surface area (Å²) < 4.78 is 38.7. The molecule has 1 amide bonds. The number of Topliss-reactive ketones (excluding diaryl/α,β-unsaturated/α-hetero) is 2. The molecule has 44 heavy (non-hydrogen) atoms. The van der Waals surface area contributed by atoms with Crippen molar-refractivity contribution >= 4 is 35.4 Å². The maximum atomic E-state index is 14.1. The molecular weight excluding hydrogens is 585 g/mol. The summed E-state index contributed by atoms with van der Waals surface area (Å²) in [5.74, 6) is -9.96. The molecule has 2 aromatic rings. The maximum Gasteiger partial charge on any atom is 0.416 e. The van der Waals surface area contributed by atoms with Gasteiger partial charge in [-0.2, -0.15) is 13.2 Å². The third kappa shape index (κ3) is 4.33. The number of phenols is 1. The number of nitrogens with zero attached hydrogens (tertiary/aromatic N) is 1. The van der Waals surface area contributed by atoms with Crippen molar-refractivity contribution in [2.24, 2.45) is 17.6 Å². The number of fused-ring (bicyclic) bond motifs is 3. The molecule has 1 fully saturated rings. The van der Waals surface area contributed by atoms with Crippen molar-refractivity contribution in [3.63, 3.8) is 0 Å². The van der Waals surface area contributed by atoms with Gasteiger partial charge in [-0.3, -0.25) is 19.3 Å². The van der Waals surface area contributed by atoms with Crippen LogP contribution < -0.4 is 5.73 Å². The predicted molar refractivity (Wildman–Crippen MR) is 151 cm³/mol. The van der Waals surface area contributed by atoms with Crippen molar-refractivity contribution in [3.8, 4) is 5.75 Å². The van der Waals surface area contributed by atoms with Gasteiger partial charge < -0.3 is 31.3 Å². The van der Waals surface area contributed by atoms with Crippen molar-refractivity contribution in [1.29, 1.82) is 0 Å². The molecule has 0 radical (unpaired) electrons. The van der Waals surface area contributed by atoms with Crippen molar-refractivity contribution in [1.82, 2.24) is 4.90 Å². The van der Waals surface area contributed by atoms with Crippen LogP contribution in [0.3, 0.4) is 0 Å².